The minimum absolute atomic E-state index is 0.0149. The fraction of sp³-hybridized carbons (Fsp3) is 0.300. The molecule has 1 aromatic carbocycles. The van der Waals surface area contributed by atoms with E-state index in [9.17, 15) is 4.79 Å². The number of carbonyl (C=O) groups is 1. The van der Waals surface area contributed by atoms with Crippen molar-refractivity contribution in [3.05, 3.63) is 65.9 Å². The van der Waals surface area contributed by atoms with E-state index in [2.05, 4.69) is 20.5 Å². The molecule has 28 heavy (non-hydrogen) atoms. The summed E-state index contributed by atoms with van der Waals surface area (Å²) in [4.78, 5) is 16.7. The van der Waals surface area contributed by atoms with Gasteiger partial charge < -0.3 is 14.8 Å². The lowest BCUT2D eigenvalue weighted by Crippen LogP contribution is -2.25. The number of rotatable bonds is 6. The SMILES string of the molecule is Cc1ccc(-n2cnnc2CNC(=O)c2ccnc(OC3CCOC3)c2)cc1. The van der Waals surface area contributed by atoms with Crippen molar-refractivity contribution >= 4 is 5.91 Å². The second kappa shape index (κ2) is 8.18. The van der Waals surface area contributed by atoms with Crippen LogP contribution < -0.4 is 10.1 Å². The number of aromatic nitrogens is 4. The number of ether oxygens (including phenoxy) is 2. The average molecular weight is 379 g/mol. The van der Waals surface area contributed by atoms with Crippen molar-refractivity contribution in [3.8, 4) is 11.6 Å². The fourth-order valence-electron chi connectivity index (χ4n) is 2.95. The quantitative estimate of drug-likeness (QED) is 0.705. The zero-order valence-corrected chi connectivity index (χ0v) is 15.5. The number of hydrogen-bond acceptors (Lipinski definition) is 6. The third-order valence-electron chi connectivity index (χ3n) is 4.51. The molecule has 0 spiro atoms. The van der Waals surface area contributed by atoms with E-state index in [0.717, 1.165) is 12.1 Å². The van der Waals surface area contributed by atoms with Crippen molar-refractivity contribution in [2.45, 2.75) is 26.0 Å². The summed E-state index contributed by atoms with van der Waals surface area (Å²) in [6.45, 7) is 3.52. The van der Waals surface area contributed by atoms with E-state index in [1.165, 1.54) is 5.56 Å². The molecule has 1 fully saturated rings. The van der Waals surface area contributed by atoms with Crippen LogP contribution in [-0.4, -0.2) is 45.0 Å². The van der Waals surface area contributed by atoms with Gasteiger partial charge in [0.05, 0.1) is 19.8 Å². The van der Waals surface area contributed by atoms with Gasteiger partial charge in [-0.05, 0) is 25.1 Å². The minimum Gasteiger partial charge on any atom is -0.472 e. The molecule has 0 bridgehead atoms. The summed E-state index contributed by atoms with van der Waals surface area (Å²) in [7, 11) is 0. The summed E-state index contributed by atoms with van der Waals surface area (Å²) in [5.41, 5.74) is 2.59. The van der Waals surface area contributed by atoms with Crippen LogP contribution >= 0.6 is 0 Å². The van der Waals surface area contributed by atoms with Crippen LogP contribution in [0.2, 0.25) is 0 Å². The van der Waals surface area contributed by atoms with Crippen LogP contribution in [0.5, 0.6) is 5.88 Å². The van der Waals surface area contributed by atoms with Gasteiger partial charge in [0.15, 0.2) is 5.82 Å². The van der Waals surface area contributed by atoms with Gasteiger partial charge in [-0.3, -0.25) is 9.36 Å². The van der Waals surface area contributed by atoms with Crippen molar-refractivity contribution < 1.29 is 14.3 Å². The van der Waals surface area contributed by atoms with E-state index in [1.807, 2.05) is 35.8 Å². The van der Waals surface area contributed by atoms with Gasteiger partial charge in [0.1, 0.15) is 12.4 Å². The lowest BCUT2D eigenvalue weighted by Gasteiger charge is -2.12. The molecule has 8 heteroatoms. The number of pyridine rings is 1. The third kappa shape index (κ3) is 4.17. The number of hydrogen-bond donors (Lipinski definition) is 1. The van der Waals surface area contributed by atoms with Crippen molar-refractivity contribution in [2.75, 3.05) is 13.2 Å². The van der Waals surface area contributed by atoms with E-state index in [4.69, 9.17) is 9.47 Å². The largest absolute Gasteiger partial charge is 0.472 e. The zero-order valence-electron chi connectivity index (χ0n) is 15.5. The van der Waals surface area contributed by atoms with Crippen LogP contribution in [0.3, 0.4) is 0 Å². The highest BCUT2D eigenvalue weighted by molar-refractivity contribution is 5.94. The van der Waals surface area contributed by atoms with Crippen molar-refractivity contribution in [2.24, 2.45) is 0 Å². The Balaban J connectivity index is 1.41. The standard InChI is InChI=1S/C20H21N5O3/c1-14-2-4-16(5-3-14)25-13-23-24-18(25)11-22-20(26)15-6-8-21-19(10-15)28-17-7-9-27-12-17/h2-6,8,10,13,17H,7,9,11-12H2,1H3,(H,22,26). The molecule has 3 aromatic rings. The third-order valence-corrected chi connectivity index (χ3v) is 4.51. The molecule has 8 nitrogen and oxygen atoms in total. The Morgan fingerprint density at radius 3 is 2.96 bits per heavy atom. The van der Waals surface area contributed by atoms with Gasteiger partial charge in [-0.25, -0.2) is 4.98 Å². The van der Waals surface area contributed by atoms with Gasteiger partial charge in [-0.15, -0.1) is 10.2 Å². The Bertz CT molecular complexity index is 948. The molecule has 0 radical (unpaired) electrons. The van der Waals surface area contributed by atoms with Crippen LogP contribution in [-0.2, 0) is 11.3 Å². The number of nitrogens with one attached hydrogen (secondary N) is 1. The van der Waals surface area contributed by atoms with E-state index in [0.29, 0.717) is 30.5 Å². The Kier molecular flexibility index (Phi) is 5.29. The van der Waals surface area contributed by atoms with Gasteiger partial charge >= 0.3 is 0 Å². The Morgan fingerprint density at radius 2 is 2.18 bits per heavy atom. The number of amides is 1. The van der Waals surface area contributed by atoms with Gasteiger partial charge in [0, 0.05) is 29.9 Å². The maximum atomic E-state index is 12.5. The van der Waals surface area contributed by atoms with Gasteiger partial charge in [-0.2, -0.15) is 0 Å². The van der Waals surface area contributed by atoms with Crippen LogP contribution in [0, 0.1) is 6.92 Å². The molecular formula is C20H21N5O3. The van der Waals surface area contributed by atoms with Crippen molar-refractivity contribution in [1.29, 1.82) is 0 Å². The van der Waals surface area contributed by atoms with E-state index in [-0.39, 0.29) is 18.6 Å². The molecule has 1 N–H and O–H groups in total. The number of benzene rings is 1. The molecule has 1 amide bonds. The molecule has 3 heterocycles. The zero-order chi connectivity index (χ0) is 19.3. The molecule has 0 saturated carbocycles. The maximum Gasteiger partial charge on any atom is 0.251 e. The summed E-state index contributed by atoms with van der Waals surface area (Å²) < 4.78 is 12.9. The average Bonchev–Trinajstić information content (AvgIpc) is 3.39. The first-order valence-electron chi connectivity index (χ1n) is 9.13. The molecular weight excluding hydrogens is 358 g/mol. The first-order chi connectivity index (χ1) is 13.7. The number of nitrogens with zero attached hydrogens (tertiary/aromatic N) is 4. The molecule has 4 rings (SSSR count). The van der Waals surface area contributed by atoms with Gasteiger partial charge in [-0.1, -0.05) is 17.7 Å². The van der Waals surface area contributed by atoms with Gasteiger partial charge in [0.25, 0.3) is 5.91 Å². The summed E-state index contributed by atoms with van der Waals surface area (Å²) in [5.74, 6) is 0.838. The lowest BCUT2D eigenvalue weighted by molar-refractivity contribution is 0.0948. The second-order valence-corrected chi connectivity index (χ2v) is 6.62. The number of aryl methyl sites for hydroxylation is 1. The molecule has 1 unspecified atom stereocenters. The van der Waals surface area contributed by atoms with Crippen molar-refractivity contribution in [1.82, 2.24) is 25.1 Å². The topological polar surface area (TPSA) is 91.2 Å². The maximum absolute atomic E-state index is 12.5. The normalized spacial score (nSPS) is 16.1. The molecule has 1 atom stereocenters. The smallest absolute Gasteiger partial charge is 0.251 e. The Labute approximate surface area is 162 Å². The summed E-state index contributed by atoms with van der Waals surface area (Å²) in [5, 5.41) is 11.0. The highest BCUT2D eigenvalue weighted by Crippen LogP contribution is 2.16. The predicted octanol–water partition coefficient (Wildman–Crippen LogP) is 2.07. The van der Waals surface area contributed by atoms with E-state index >= 15 is 0 Å². The molecule has 1 aliphatic rings. The first kappa shape index (κ1) is 18.1. The molecule has 144 valence electrons. The lowest BCUT2D eigenvalue weighted by atomic mass is 10.2. The van der Waals surface area contributed by atoms with Crippen LogP contribution in [0.4, 0.5) is 0 Å². The van der Waals surface area contributed by atoms with Crippen molar-refractivity contribution in [3.63, 3.8) is 0 Å². The summed E-state index contributed by atoms with van der Waals surface area (Å²) >= 11 is 0. The monoisotopic (exact) mass is 379 g/mol. The van der Waals surface area contributed by atoms with E-state index in [1.54, 1.807) is 24.7 Å². The van der Waals surface area contributed by atoms with Gasteiger partial charge in [0.2, 0.25) is 5.88 Å². The highest BCUT2D eigenvalue weighted by Gasteiger charge is 2.18. The van der Waals surface area contributed by atoms with Crippen LogP contribution in [0.15, 0.2) is 48.9 Å². The van der Waals surface area contributed by atoms with E-state index < -0.39 is 0 Å². The Hall–Kier alpha value is -3.26. The summed E-state index contributed by atoms with van der Waals surface area (Å²) in [6.07, 6.45) is 4.01. The number of carbonyl (C=O) groups excluding carboxylic acids is 1. The minimum atomic E-state index is -0.228. The molecule has 0 aliphatic carbocycles. The van der Waals surface area contributed by atoms with Crippen LogP contribution in [0.1, 0.15) is 28.2 Å². The summed E-state index contributed by atoms with van der Waals surface area (Å²) in [6, 6.07) is 11.3. The predicted molar refractivity (Wildman–Crippen MR) is 101 cm³/mol. The molecule has 1 saturated heterocycles. The second-order valence-electron chi connectivity index (χ2n) is 6.62. The first-order valence-corrected chi connectivity index (χ1v) is 9.13. The molecule has 2 aromatic heterocycles. The Morgan fingerprint density at radius 1 is 1.32 bits per heavy atom. The highest BCUT2D eigenvalue weighted by atomic mass is 16.5. The fourth-order valence-corrected chi connectivity index (χ4v) is 2.95. The molecule has 1 aliphatic heterocycles. The van der Waals surface area contributed by atoms with Crippen LogP contribution in [0.25, 0.3) is 5.69 Å².